The Morgan fingerprint density at radius 2 is 2.11 bits per heavy atom. The van der Waals surface area contributed by atoms with Gasteiger partial charge in [-0.2, -0.15) is 5.26 Å². The van der Waals surface area contributed by atoms with Crippen molar-refractivity contribution in [1.82, 2.24) is 20.2 Å². The molecule has 2 aromatic rings. The molecular weight excluding hydrogens is 456 g/mol. The maximum atomic E-state index is 12.8. The maximum Gasteiger partial charge on any atom is 0.291 e. The van der Waals surface area contributed by atoms with Gasteiger partial charge in [0.05, 0.1) is 12.2 Å². The molecule has 1 aliphatic carbocycles. The van der Waals surface area contributed by atoms with Crippen LogP contribution in [0.2, 0.25) is 0 Å². The van der Waals surface area contributed by atoms with Crippen LogP contribution in [-0.2, 0) is 4.79 Å². The molecule has 1 aliphatic heterocycles. The van der Waals surface area contributed by atoms with Crippen molar-refractivity contribution in [2.45, 2.75) is 56.9 Å². The van der Waals surface area contributed by atoms with Crippen molar-refractivity contribution in [2.24, 2.45) is 0 Å². The van der Waals surface area contributed by atoms with Gasteiger partial charge in [-0.25, -0.2) is 4.98 Å². The smallest absolute Gasteiger partial charge is 0.291 e. The van der Waals surface area contributed by atoms with Crippen molar-refractivity contribution in [3.8, 4) is 6.07 Å². The Labute approximate surface area is 211 Å². The molecule has 0 bridgehead atoms. The highest BCUT2D eigenvalue weighted by molar-refractivity contribution is 6.03. The lowest BCUT2D eigenvalue weighted by atomic mass is 9.85. The van der Waals surface area contributed by atoms with Gasteiger partial charge in [-0.05, 0) is 81.2 Å². The van der Waals surface area contributed by atoms with E-state index in [1.165, 1.54) is 23.8 Å². The van der Waals surface area contributed by atoms with Crippen molar-refractivity contribution in [3.05, 3.63) is 53.1 Å². The summed E-state index contributed by atoms with van der Waals surface area (Å²) in [6.45, 7) is 1.35. The first-order valence-electron chi connectivity index (χ1n) is 12.7. The number of amides is 2. The van der Waals surface area contributed by atoms with Gasteiger partial charge in [0.1, 0.15) is 11.8 Å². The number of benzene rings is 1. The van der Waals surface area contributed by atoms with Crippen molar-refractivity contribution in [3.63, 3.8) is 0 Å². The number of H-pyrrole nitrogens is 1. The van der Waals surface area contributed by atoms with E-state index in [1.807, 2.05) is 17.0 Å². The van der Waals surface area contributed by atoms with E-state index in [2.05, 4.69) is 38.8 Å². The van der Waals surface area contributed by atoms with Gasteiger partial charge in [0.25, 0.3) is 5.91 Å². The molecule has 0 spiro atoms. The number of nitrogens with zero attached hydrogens (tertiary/aromatic N) is 3. The third-order valence-corrected chi connectivity index (χ3v) is 7.18. The van der Waals surface area contributed by atoms with Crippen molar-refractivity contribution >= 4 is 23.1 Å². The molecule has 4 rings (SSSR count). The average Bonchev–Trinajstić information content (AvgIpc) is 3.42. The number of aromatic amines is 1. The predicted molar refractivity (Wildman–Crippen MR) is 137 cm³/mol. The summed E-state index contributed by atoms with van der Waals surface area (Å²) in [5.41, 5.74) is 4.47. The lowest BCUT2D eigenvalue weighted by molar-refractivity contribution is -0.134. The largest absolute Gasteiger partial charge is 0.396 e. The summed E-state index contributed by atoms with van der Waals surface area (Å²) >= 11 is 0. The maximum absolute atomic E-state index is 12.8. The van der Waals surface area contributed by atoms with Crippen LogP contribution in [0.5, 0.6) is 0 Å². The third kappa shape index (κ3) is 5.83. The highest BCUT2D eigenvalue weighted by atomic mass is 16.3. The number of carbonyl (C=O) groups is 2. The number of imidazole rings is 1. The molecule has 36 heavy (non-hydrogen) atoms. The molecule has 9 nitrogen and oxygen atoms in total. The number of likely N-dealkylation sites (N-methyl/N-ethyl adjacent to an activating group) is 1. The highest BCUT2D eigenvalue weighted by Crippen LogP contribution is 2.36. The molecule has 1 saturated heterocycles. The number of piperidine rings is 1. The highest BCUT2D eigenvalue weighted by Gasteiger charge is 2.28. The molecule has 2 amide bonds. The number of nitrogens with one attached hydrogen (secondary N) is 3. The molecule has 1 aromatic heterocycles. The Morgan fingerprint density at radius 3 is 2.75 bits per heavy atom. The van der Waals surface area contributed by atoms with E-state index >= 15 is 0 Å². The Bertz CT molecular complexity index is 1160. The van der Waals surface area contributed by atoms with Gasteiger partial charge in [0.15, 0.2) is 5.82 Å². The molecule has 1 atom stereocenters. The fraction of sp³-hybridized carbons (Fsp3) is 0.481. The predicted octanol–water partition coefficient (Wildman–Crippen LogP) is 3.17. The van der Waals surface area contributed by atoms with E-state index in [9.17, 15) is 14.7 Å². The quantitative estimate of drug-likeness (QED) is 0.449. The van der Waals surface area contributed by atoms with Crippen LogP contribution in [0.25, 0.3) is 5.57 Å². The van der Waals surface area contributed by atoms with Crippen LogP contribution in [0.15, 0.2) is 30.5 Å². The summed E-state index contributed by atoms with van der Waals surface area (Å²) in [6.07, 6.45) is 10.0. The molecule has 4 N–H and O–H groups in total. The number of allylic oxidation sites excluding steroid dienone is 2. The zero-order valence-corrected chi connectivity index (χ0v) is 20.7. The van der Waals surface area contributed by atoms with Gasteiger partial charge >= 0.3 is 0 Å². The van der Waals surface area contributed by atoms with Gasteiger partial charge in [-0.3, -0.25) is 9.59 Å². The van der Waals surface area contributed by atoms with Crippen molar-refractivity contribution in [1.29, 1.82) is 5.26 Å². The van der Waals surface area contributed by atoms with E-state index in [-0.39, 0.29) is 36.0 Å². The minimum atomic E-state index is -0.379. The fourth-order valence-corrected chi connectivity index (χ4v) is 5.12. The molecule has 1 fully saturated rings. The fourth-order valence-electron chi connectivity index (χ4n) is 5.12. The number of carbonyl (C=O) groups excluding carboxylic acids is 2. The minimum absolute atomic E-state index is 0.0192. The first-order chi connectivity index (χ1) is 17.5. The van der Waals surface area contributed by atoms with Gasteiger partial charge in [-0.15, -0.1) is 0 Å². The zero-order chi connectivity index (χ0) is 25.5. The molecule has 2 aliphatic rings. The summed E-state index contributed by atoms with van der Waals surface area (Å²) in [7, 11) is 1.75. The summed E-state index contributed by atoms with van der Waals surface area (Å²) in [6, 6.07) is 7.82. The van der Waals surface area contributed by atoms with Crippen LogP contribution >= 0.6 is 0 Å². The number of rotatable bonds is 8. The second-order valence-corrected chi connectivity index (χ2v) is 9.44. The van der Waals surface area contributed by atoms with Crippen LogP contribution in [-0.4, -0.2) is 64.6 Å². The summed E-state index contributed by atoms with van der Waals surface area (Å²) in [5.74, 6) is 0.109. The number of nitriles is 1. The van der Waals surface area contributed by atoms with Crippen molar-refractivity contribution in [2.75, 3.05) is 32.1 Å². The van der Waals surface area contributed by atoms with Crippen LogP contribution in [0.4, 0.5) is 5.69 Å². The monoisotopic (exact) mass is 490 g/mol. The van der Waals surface area contributed by atoms with Crippen LogP contribution < -0.4 is 10.6 Å². The van der Waals surface area contributed by atoms with Crippen molar-refractivity contribution < 1.29 is 14.7 Å². The van der Waals surface area contributed by atoms with E-state index in [0.29, 0.717) is 25.4 Å². The SMILES string of the molecule is CNC(CCO)C(=O)N1CCC(c2ccc(NC(=O)c3ncc(C#N)[nH]3)c(C3=CCCCC3)c2)CC1. The number of aliphatic hydroxyl groups is 1. The first-order valence-corrected chi connectivity index (χ1v) is 12.7. The number of hydrogen-bond acceptors (Lipinski definition) is 6. The Balaban J connectivity index is 1.51. The lowest BCUT2D eigenvalue weighted by Crippen LogP contribution is -2.48. The summed E-state index contributed by atoms with van der Waals surface area (Å²) in [4.78, 5) is 34.2. The lowest BCUT2D eigenvalue weighted by Gasteiger charge is -2.34. The molecule has 2 heterocycles. The first kappa shape index (κ1) is 25.6. The van der Waals surface area contributed by atoms with E-state index < -0.39 is 0 Å². The number of aliphatic hydroxyl groups excluding tert-OH is 1. The normalized spacial score (nSPS) is 17.2. The molecule has 1 unspecified atom stereocenters. The van der Waals surface area contributed by atoms with E-state index in [4.69, 9.17) is 5.26 Å². The Kier molecular flexibility index (Phi) is 8.52. The topological polar surface area (TPSA) is 134 Å². The Morgan fingerprint density at radius 1 is 1.31 bits per heavy atom. The van der Waals surface area contributed by atoms with Gasteiger partial charge in [0.2, 0.25) is 5.91 Å². The zero-order valence-electron chi connectivity index (χ0n) is 20.7. The van der Waals surface area contributed by atoms with Gasteiger partial charge in [0, 0.05) is 30.9 Å². The standard InChI is InChI=1S/C27H34N6O3/c1-29-24(11-14-34)27(36)33-12-9-18(10-13-33)20-7-8-23(22(15-20)19-5-3-2-4-6-19)32-26(35)25-30-17-21(16-28)31-25/h5,7-8,15,17-18,24,29,34H,2-4,6,9-14H2,1H3,(H,30,31)(H,32,35). The number of aromatic nitrogens is 2. The summed E-state index contributed by atoms with van der Waals surface area (Å²) < 4.78 is 0. The van der Waals surface area contributed by atoms with Crippen LogP contribution in [0, 0.1) is 11.3 Å². The Hall–Kier alpha value is -3.48. The molecule has 190 valence electrons. The molecule has 0 saturated carbocycles. The van der Waals surface area contributed by atoms with Crippen LogP contribution in [0.1, 0.15) is 78.3 Å². The molecular formula is C27H34N6O3. The van der Waals surface area contributed by atoms with E-state index in [1.54, 1.807) is 7.05 Å². The van der Waals surface area contributed by atoms with E-state index in [0.717, 1.165) is 43.4 Å². The molecule has 1 aromatic carbocycles. The number of likely N-dealkylation sites (tertiary alicyclic amines) is 1. The summed E-state index contributed by atoms with van der Waals surface area (Å²) in [5, 5.41) is 24.2. The third-order valence-electron chi connectivity index (χ3n) is 7.18. The number of hydrogen-bond donors (Lipinski definition) is 4. The number of anilines is 1. The average molecular weight is 491 g/mol. The van der Waals surface area contributed by atoms with Crippen LogP contribution in [0.3, 0.4) is 0 Å². The van der Waals surface area contributed by atoms with Gasteiger partial charge < -0.3 is 25.6 Å². The second kappa shape index (κ2) is 12.0. The molecule has 9 heteroatoms. The second-order valence-electron chi connectivity index (χ2n) is 9.44. The van der Waals surface area contributed by atoms with Gasteiger partial charge in [-0.1, -0.05) is 12.1 Å². The molecule has 0 radical (unpaired) electrons. The minimum Gasteiger partial charge on any atom is -0.396 e.